The van der Waals surface area contributed by atoms with Gasteiger partial charge < -0.3 is 5.73 Å². The zero-order valence-corrected chi connectivity index (χ0v) is 6.62. The third kappa shape index (κ3) is 2.59. The molecule has 1 fully saturated rings. The fourth-order valence-corrected chi connectivity index (χ4v) is 2.47. The second-order valence-corrected chi connectivity index (χ2v) is 3.86. The summed E-state index contributed by atoms with van der Waals surface area (Å²) in [5, 5.41) is 0. The van der Waals surface area contributed by atoms with Crippen molar-refractivity contribution in [3.63, 3.8) is 0 Å². The second kappa shape index (κ2) is 4.18. The lowest BCUT2D eigenvalue weighted by Crippen LogP contribution is -2.13. The summed E-state index contributed by atoms with van der Waals surface area (Å²) in [6, 6.07) is 0. The monoisotopic (exact) mass is 145 g/mol. The summed E-state index contributed by atoms with van der Waals surface area (Å²) >= 11 is 2.08. The van der Waals surface area contributed by atoms with Crippen molar-refractivity contribution in [2.45, 2.75) is 19.3 Å². The Labute approximate surface area is 61.4 Å². The van der Waals surface area contributed by atoms with Crippen LogP contribution in [0.5, 0.6) is 0 Å². The van der Waals surface area contributed by atoms with E-state index in [0.29, 0.717) is 0 Å². The van der Waals surface area contributed by atoms with E-state index in [-0.39, 0.29) is 0 Å². The molecule has 0 aliphatic carbocycles. The van der Waals surface area contributed by atoms with Crippen LogP contribution in [0.2, 0.25) is 0 Å². The molecule has 1 rings (SSSR count). The molecule has 2 heteroatoms. The number of hydrogen-bond acceptors (Lipinski definition) is 2. The summed E-state index contributed by atoms with van der Waals surface area (Å²) in [5.41, 5.74) is 5.45. The minimum Gasteiger partial charge on any atom is -0.330 e. The van der Waals surface area contributed by atoms with Crippen molar-refractivity contribution in [1.82, 2.24) is 0 Å². The first kappa shape index (κ1) is 7.42. The highest BCUT2D eigenvalue weighted by atomic mass is 32.2. The molecule has 2 N–H and O–H groups in total. The number of hydrogen-bond donors (Lipinski definition) is 1. The lowest BCUT2D eigenvalue weighted by atomic mass is 9.99. The Bertz CT molecular complexity index is 66.6. The number of rotatable bonds is 2. The Balaban J connectivity index is 2.08. The van der Waals surface area contributed by atoms with E-state index < -0.39 is 0 Å². The molecule has 1 aliphatic rings. The normalized spacial score (nSPS) is 22.3. The average molecular weight is 145 g/mol. The molecule has 0 saturated carbocycles. The van der Waals surface area contributed by atoms with Crippen LogP contribution in [0.1, 0.15) is 19.3 Å². The van der Waals surface area contributed by atoms with Gasteiger partial charge in [-0.25, -0.2) is 0 Å². The van der Waals surface area contributed by atoms with Crippen LogP contribution in [-0.2, 0) is 0 Å². The van der Waals surface area contributed by atoms with Crippen molar-refractivity contribution in [2.24, 2.45) is 11.7 Å². The van der Waals surface area contributed by atoms with E-state index in [1.165, 1.54) is 30.8 Å². The molecule has 1 aliphatic heterocycles. The molecule has 1 heterocycles. The van der Waals surface area contributed by atoms with Crippen LogP contribution in [-0.4, -0.2) is 18.1 Å². The van der Waals surface area contributed by atoms with Crippen LogP contribution >= 0.6 is 11.8 Å². The topological polar surface area (TPSA) is 26.0 Å². The molecular formula is C7H15NS. The first-order chi connectivity index (χ1) is 4.43. The summed E-state index contributed by atoms with van der Waals surface area (Å²) in [6.45, 7) is 0.884. The second-order valence-electron chi connectivity index (χ2n) is 2.63. The van der Waals surface area contributed by atoms with Gasteiger partial charge in [0, 0.05) is 0 Å². The number of nitrogens with two attached hydrogens (primary N) is 1. The van der Waals surface area contributed by atoms with Crippen LogP contribution in [0.3, 0.4) is 0 Å². The number of thioether (sulfide) groups is 1. The predicted molar refractivity (Wildman–Crippen MR) is 43.7 cm³/mol. The molecular weight excluding hydrogens is 130 g/mol. The Morgan fingerprint density at radius 3 is 2.56 bits per heavy atom. The quantitative estimate of drug-likeness (QED) is 0.637. The molecule has 0 spiro atoms. The third-order valence-electron chi connectivity index (χ3n) is 1.92. The van der Waals surface area contributed by atoms with Gasteiger partial charge in [0.2, 0.25) is 0 Å². The van der Waals surface area contributed by atoms with E-state index in [1.54, 1.807) is 0 Å². The van der Waals surface area contributed by atoms with E-state index in [2.05, 4.69) is 11.8 Å². The maximum absolute atomic E-state index is 5.45. The predicted octanol–water partition coefficient (Wildman–Crippen LogP) is 1.48. The molecule has 1 saturated heterocycles. The summed E-state index contributed by atoms with van der Waals surface area (Å²) < 4.78 is 0. The highest BCUT2D eigenvalue weighted by molar-refractivity contribution is 7.99. The third-order valence-corrected chi connectivity index (χ3v) is 2.96. The molecule has 9 heavy (non-hydrogen) atoms. The van der Waals surface area contributed by atoms with Crippen molar-refractivity contribution in [3.8, 4) is 0 Å². The van der Waals surface area contributed by atoms with Crippen LogP contribution < -0.4 is 5.73 Å². The van der Waals surface area contributed by atoms with E-state index in [9.17, 15) is 0 Å². The molecule has 0 aromatic carbocycles. The van der Waals surface area contributed by atoms with Gasteiger partial charge in [-0.1, -0.05) is 0 Å². The van der Waals surface area contributed by atoms with Gasteiger partial charge in [-0.3, -0.25) is 0 Å². The van der Waals surface area contributed by atoms with Gasteiger partial charge in [-0.05, 0) is 43.2 Å². The van der Waals surface area contributed by atoms with Crippen molar-refractivity contribution in [1.29, 1.82) is 0 Å². The molecule has 0 radical (unpaired) electrons. The van der Waals surface area contributed by atoms with Crippen molar-refractivity contribution in [2.75, 3.05) is 18.1 Å². The highest BCUT2D eigenvalue weighted by Gasteiger charge is 2.11. The summed E-state index contributed by atoms with van der Waals surface area (Å²) in [4.78, 5) is 0. The summed E-state index contributed by atoms with van der Waals surface area (Å²) in [5.74, 6) is 3.69. The van der Waals surface area contributed by atoms with Crippen LogP contribution in [0.15, 0.2) is 0 Å². The van der Waals surface area contributed by atoms with E-state index >= 15 is 0 Å². The standard InChI is InChI=1S/C7H15NS/c8-4-1-7-2-5-9-6-3-7/h7H,1-6,8H2. The summed E-state index contributed by atoms with van der Waals surface area (Å²) in [6.07, 6.45) is 4.06. The smallest absolute Gasteiger partial charge is 0.00649 e. The van der Waals surface area contributed by atoms with Gasteiger partial charge in [0.15, 0.2) is 0 Å². The zero-order chi connectivity index (χ0) is 6.53. The molecule has 0 aromatic rings. The SMILES string of the molecule is NCCC1CCSCC1. The van der Waals surface area contributed by atoms with Crippen molar-refractivity contribution < 1.29 is 0 Å². The fourth-order valence-electron chi connectivity index (χ4n) is 1.27. The van der Waals surface area contributed by atoms with Crippen molar-refractivity contribution >= 4 is 11.8 Å². The van der Waals surface area contributed by atoms with E-state index in [0.717, 1.165) is 12.5 Å². The Morgan fingerprint density at radius 2 is 2.00 bits per heavy atom. The van der Waals surface area contributed by atoms with Crippen molar-refractivity contribution in [3.05, 3.63) is 0 Å². The lowest BCUT2D eigenvalue weighted by Gasteiger charge is -2.19. The molecule has 0 amide bonds. The molecule has 0 aromatic heterocycles. The Hall–Kier alpha value is 0.310. The molecule has 0 bridgehead atoms. The maximum Gasteiger partial charge on any atom is -0.00649 e. The minimum absolute atomic E-state index is 0.884. The van der Waals surface area contributed by atoms with E-state index in [1.807, 2.05) is 0 Å². The van der Waals surface area contributed by atoms with Gasteiger partial charge in [-0.15, -0.1) is 0 Å². The first-order valence-electron chi connectivity index (χ1n) is 3.71. The molecule has 0 unspecified atom stereocenters. The average Bonchev–Trinajstić information content (AvgIpc) is 1.91. The van der Waals surface area contributed by atoms with Gasteiger partial charge in [0.25, 0.3) is 0 Å². The first-order valence-corrected chi connectivity index (χ1v) is 4.87. The summed E-state index contributed by atoms with van der Waals surface area (Å²) in [7, 11) is 0. The highest BCUT2D eigenvalue weighted by Crippen LogP contribution is 2.24. The maximum atomic E-state index is 5.45. The fraction of sp³-hybridized carbons (Fsp3) is 1.00. The van der Waals surface area contributed by atoms with Gasteiger partial charge in [0.1, 0.15) is 0 Å². The van der Waals surface area contributed by atoms with E-state index in [4.69, 9.17) is 5.73 Å². The lowest BCUT2D eigenvalue weighted by molar-refractivity contribution is 0.460. The zero-order valence-electron chi connectivity index (χ0n) is 5.81. The molecule has 0 atom stereocenters. The van der Waals surface area contributed by atoms with Gasteiger partial charge >= 0.3 is 0 Å². The Morgan fingerprint density at radius 1 is 1.33 bits per heavy atom. The van der Waals surface area contributed by atoms with Crippen LogP contribution in [0.4, 0.5) is 0 Å². The molecule has 54 valence electrons. The van der Waals surface area contributed by atoms with Crippen LogP contribution in [0.25, 0.3) is 0 Å². The molecule has 1 nitrogen and oxygen atoms in total. The Kier molecular flexibility index (Phi) is 3.44. The van der Waals surface area contributed by atoms with Crippen LogP contribution in [0, 0.1) is 5.92 Å². The van der Waals surface area contributed by atoms with Gasteiger partial charge in [0.05, 0.1) is 0 Å². The van der Waals surface area contributed by atoms with Gasteiger partial charge in [-0.2, -0.15) is 11.8 Å². The largest absolute Gasteiger partial charge is 0.330 e. The minimum atomic E-state index is 0.884.